The van der Waals surface area contributed by atoms with Gasteiger partial charge in [-0.2, -0.15) is 5.26 Å². The second kappa shape index (κ2) is 13.5. The summed E-state index contributed by atoms with van der Waals surface area (Å²) in [5.41, 5.74) is 14.0. The summed E-state index contributed by atoms with van der Waals surface area (Å²) in [5.74, 6) is 2.60. The number of allylic oxidation sites excluding steroid dienone is 4. The van der Waals surface area contributed by atoms with Gasteiger partial charge >= 0.3 is 0 Å². The van der Waals surface area contributed by atoms with Crippen molar-refractivity contribution in [3.05, 3.63) is 228 Å². The molecule has 2 heterocycles. The minimum Gasteiger partial charge on any atom is -0.457 e. The van der Waals surface area contributed by atoms with Gasteiger partial charge in [0.15, 0.2) is 5.82 Å². The lowest BCUT2D eigenvalue weighted by atomic mass is 9.61. The summed E-state index contributed by atoms with van der Waals surface area (Å²) in [4.78, 5) is 10.7. The molecule has 4 heteroatoms. The number of nitriles is 1. The maximum absolute atomic E-state index is 9.52. The summed E-state index contributed by atoms with van der Waals surface area (Å²) >= 11 is 0. The number of hydrogen-bond donors (Lipinski definition) is 0. The van der Waals surface area contributed by atoms with Gasteiger partial charge < -0.3 is 4.74 Å². The quantitative estimate of drug-likeness (QED) is 0.176. The molecule has 3 atom stereocenters. The minimum atomic E-state index is -0.580. The van der Waals surface area contributed by atoms with Gasteiger partial charge in [0.1, 0.15) is 11.5 Å². The highest BCUT2D eigenvalue weighted by Crippen LogP contribution is 2.65. The third-order valence-electron chi connectivity index (χ3n) is 12.1. The van der Waals surface area contributed by atoms with Crippen LogP contribution in [0.2, 0.25) is 0 Å². The summed E-state index contributed by atoms with van der Waals surface area (Å²) in [6.45, 7) is 0. The predicted octanol–water partition coefficient (Wildman–Crippen LogP) is 13.0. The Bertz CT molecular complexity index is 3000. The Morgan fingerprint density at radius 1 is 0.483 bits per heavy atom. The smallest absolute Gasteiger partial charge is 0.160 e. The summed E-state index contributed by atoms with van der Waals surface area (Å²) in [5, 5.41) is 9.52. The van der Waals surface area contributed by atoms with Gasteiger partial charge in [-0.3, -0.25) is 0 Å². The van der Waals surface area contributed by atoms with Gasteiger partial charge in [-0.1, -0.05) is 152 Å². The van der Waals surface area contributed by atoms with E-state index in [1.54, 1.807) is 0 Å². The first-order valence-electron chi connectivity index (χ1n) is 19.7. The Labute approximate surface area is 337 Å². The Kier molecular flexibility index (Phi) is 7.87. The van der Waals surface area contributed by atoms with E-state index < -0.39 is 5.41 Å². The molecule has 0 saturated carbocycles. The SMILES string of the molecule is N#Cc1ccc(-c2ccc3c(c2)C2(c4ccccc4Oc4ccc(-c5nc(-c6ccccc6)cc(-c6ccccc6-c6ccccc6)n5)cc42)C2C=CC=CC32)cc1. The molecule has 0 amide bonds. The van der Waals surface area contributed by atoms with E-state index in [-0.39, 0.29) is 11.8 Å². The molecule has 58 heavy (non-hydrogen) atoms. The van der Waals surface area contributed by atoms with Crippen molar-refractivity contribution in [1.82, 2.24) is 9.97 Å². The molecule has 2 aliphatic carbocycles. The van der Waals surface area contributed by atoms with E-state index in [2.05, 4.69) is 170 Å². The van der Waals surface area contributed by atoms with E-state index in [1.807, 2.05) is 36.4 Å². The highest BCUT2D eigenvalue weighted by atomic mass is 16.5. The summed E-state index contributed by atoms with van der Waals surface area (Å²) in [7, 11) is 0. The summed E-state index contributed by atoms with van der Waals surface area (Å²) < 4.78 is 6.83. The van der Waals surface area contributed by atoms with Gasteiger partial charge in [0.05, 0.1) is 28.4 Å². The van der Waals surface area contributed by atoms with Crippen LogP contribution in [0.4, 0.5) is 0 Å². The molecule has 1 spiro atoms. The molecule has 7 aromatic carbocycles. The highest BCUT2D eigenvalue weighted by Gasteiger charge is 2.56. The van der Waals surface area contributed by atoms with Crippen LogP contribution in [0.25, 0.3) is 56.2 Å². The Morgan fingerprint density at radius 2 is 1.12 bits per heavy atom. The fraction of sp³-hybridized carbons (Fsp3) is 0.0556. The van der Waals surface area contributed by atoms with E-state index in [4.69, 9.17) is 14.7 Å². The average molecular weight is 742 g/mol. The molecule has 11 rings (SSSR count). The van der Waals surface area contributed by atoms with Crippen LogP contribution in [0.15, 0.2) is 200 Å². The molecule has 0 fully saturated rings. The molecule has 0 N–H and O–H groups in total. The second-order valence-corrected chi connectivity index (χ2v) is 15.2. The number of aromatic nitrogens is 2. The zero-order valence-electron chi connectivity index (χ0n) is 31.5. The number of benzene rings is 7. The Balaban J connectivity index is 1.15. The molecule has 272 valence electrons. The van der Waals surface area contributed by atoms with Crippen LogP contribution in [0.1, 0.15) is 33.7 Å². The van der Waals surface area contributed by atoms with Crippen molar-refractivity contribution >= 4 is 0 Å². The van der Waals surface area contributed by atoms with E-state index in [1.165, 1.54) is 11.1 Å². The van der Waals surface area contributed by atoms with Crippen molar-refractivity contribution in [2.45, 2.75) is 11.3 Å². The van der Waals surface area contributed by atoms with Gasteiger partial charge in [0.25, 0.3) is 0 Å². The lowest BCUT2D eigenvalue weighted by molar-refractivity contribution is 0.374. The maximum atomic E-state index is 9.52. The van der Waals surface area contributed by atoms with E-state index in [9.17, 15) is 5.26 Å². The highest BCUT2D eigenvalue weighted by molar-refractivity contribution is 5.84. The Morgan fingerprint density at radius 3 is 1.93 bits per heavy atom. The first-order valence-corrected chi connectivity index (χ1v) is 19.7. The number of rotatable bonds is 5. The number of nitrogens with zero attached hydrogens (tertiary/aromatic N) is 3. The van der Waals surface area contributed by atoms with Crippen molar-refractivity contribution in [1.29, 1.82) is 5.26 Å². The van der Waals surface area contributed by atoms with Crippen LogP contribution in [0, 0.1) is 17.2 Å². The molecule has 3 unspecified atom stereocenters. The fourth-order valence-corrected chi connectivity index (χ4v) is 9.51. The van der Waals surface area contributed by atoms with Crippen molar-refractivity contribution in [2.24, 2.45) is 5.92 Å². The molecule has 0 bridgehead atoms. The summed E-state index contributed by atoms with van der Waals surface area (Å²) in [6.07, 6.45) is 9.11. The Hall–Kier alpha value is -7.61. The molecule has 8 aromatic rings. The molecule has 0 radical (unpaired) electrons. The standard InChI is InChI=1S/C54H35N3O/c55-34-35-23-25-36(26-24-35)39-27-29-43-42-18-9-10-20-45(42)54(47(43)31-39)46-21-11-12-22-51(46)58-52-30-28-40(32-48(52)54)53-56-49(38-15-5-2-6-16-38)33-50(57-53)44-19-8-7-17-41(44)37-13-3-1-4-14-37/h1-33,42,45H. The lowest BCUT2D eigenvalue weighted by Crippen LogP contribution is -2.37. The molecule has 0 saturated heterocycles. The van der Waals surface area contributed by atoms with Crippen LogP contribution >= 0.6 is 0 Å². The zero-order chi connectivity index (χ0) is 38.6. The lowest BCUT2D eigenvalue weighted by Gasteiger charge is -2.43. The van der Waals surface area contributed by atoms with Gasteiger partial charge in [0.2, 0.25) is 0 Å². The fourth-order valence-electron chi connectivity index (χ4n) is 9.51. The largest absolute Gasteiger partial charge is 0.457 e. The van der Waals surface area contributed by atoms with Crippen LogP contribution < -0.4 is 4.74 Å². The summed E-state index contributed by atoms with van der Waals surface area (Å²) in [6, 6.07) is 63.5. The van der Waals surface area contributed by atoms with Crippen molar-refractivity contribution in [3.63, 3.8) is 0 Å². The number of ether oxygens (including phenoxy) is 1. The minimum absolute atomic E-state index is 0.0904. The molecule has 1 aromatic heterocycles. The molecule has 1 aliphatic heterocycles. The van der Waals surface area contributed by atoms with Gasteiger partial charge in [0, 0.05) is 39.7 Å². The van der Waals surface area contributed by atoms with E-state index >= 15 is 0 Å². The van der Waals surface area contributed by atoms with Crippen molar-refractivity contribution in [3.8, 4) is 73.7 Å². The number of para-hydroxylation sites is 1. The topological polar surface area (TPSA) is 58.8 Å². The third kappa shape index (κ3) is 5.29. The van der Waals surface area contributed by atoms with Crippen LogP contribution in [-0.2, 0) is 5.41 Å². The third-order valence-corrected chi connectivity index (χ3v) is 12.1. The molecule has 4 nitrogen and oxygen atoms in total. The number of fused-ring (bicyclic) bond motifs is 9. The molecule has 3 aliphatic rings. The monoisotopic (exact) mass is 741 g/mol. The zero-order valence-corrected chi connectivity index (χ0v) is 31.5. The predicted molar refractivity (Wildman–Crippen MR) is 231 cm³/mol. The molecular formula is C54H35N3O. The average Bonchev–Trinajstić information content (AvgIpc) is 3.59. The normalized spacial score (nSPS) is 18.1. The van der Waals surface area contributed by atoms with E-state index in [0.717, 1.165) is 73.0 Å². The second-order valence-electron chi connectivity index (χ2n) is 15.2. The van der Waals surface area contributed by atoms with Crippen LogP contribution in [0.5, 0.6) is 11.5 Å². The van der Waals surface area contributed by atoms with Gasteiger partial charge in [-0.25, -0.2) is 9.97 Å². The number of hydrogen-bond acceptors (Lipinski definition) is 4. The first-order chi connectivity index (χ1) is 28.7. The van der Waals surface area contributed by atoms with Gasteiger partial charge in [-0.15, -0.1) is 0 Å². The maximum Gasteiger partial charge on any atom is 0.160 e. The van der Waals surface area contributed by atoms with E-state index in [0.29, 0.717) is 11.4 Å². The van der Waals surface area contributed by atoms with Crippen molar-refractivity contribution < 1.29 is 4.74 Å². The van der Waals surface area contributed by atoms with Crippen LogP contribution in [-0.4, -0.2) is 9.97 Å². The first kappa shape index (κ1) is 33.7. The van der Waals surface area contributed by atoms with Crippen LogP contribution in [0.3, 0.4) is 0 Å². The van der Waals surface area contributed by atoms with Gasteiger partial charge in [-0.05, 0) is 81.9 Å². The van der Waals surface area contributed by atoms with Crippen molar-refractivity contribution in [2.75, 3.05) is 0 Å². The molecular weight excluding hydrogens is 707 g/mol.